The molecule has 1 aromatic carbocycles. The average Bonchev–Trinajstić information content (AvgIpc) is 2.64. The molecule has 0 amide bonds. The molecule has 1 heterocycles. The minimum atomic E-state index is 0.546. The molecule has 0 unspecified atom stereocenters. The molecular weight excluding hydrogens is 184 g/mol. The van der Waals surface area contributed by atoms with Crippen molar-refractivity contribution in [3.05, 3.63) is 42.2 Å². The molecule has 0 bridgehead atoms. The number of imidazole rings is 1. The van der Waals surface area contributed by atoms with Crippen LogP contribution in [0.25, 0.3) is 11.4 Å². The lowest BCUT2D eigenvalue weighted by Gasteiger charge is -2.08. The summed E-state index contributed by atoms with van der Waals surface area (Å²) in [7, 11) is 2.06. The molecule has 0 radical (unpaired) electrons. The van der Waals surface area contributed by atoms with Crippen LogP contribution in [0.5, 0.6) is 0 Å². The van der Waals surface area contributed by atoms with Gasteiger partial charge in [0.05, 0.1) is 12.6 Å². The molecule has 0 fully saturated rings. The van der Waals surface area contributed by atoms with Gasteiger partial charge in [0, 0.05) is 0 Å². The Labute approximate surface area is 90.6 Å². The number of hydrogen-bond donors (Lipinski definition) is 1. The smallest absolute Gasteiger partial charge is 0.243 e. The SMILES string of the molecule is CC(C)c1ccccc1-c1[nH]cc[n+]1C. The lowest BCUT2D eigenvalue weighted by molar-refractivity contribution is -0.658. The van der Waals surface area contributed by atoms with Gasteiger partial charge in [-0.3, -0.25) is 0 Å². The summed E-state index contributed by atoms with van der Waals surface area (Å²) in [6.07, 6.45) is 4.00. The molecular formula is C13H17N2+. The number of nitrogens with zero attached hydrogens (tertiary/aromatic N) is 1. The fraction of sp³-hybridized carbons (Fsp3) is 0.308. The molecule has 2 aromatic rings. The third-order valence-corrected chi connectivity index (χ3v) is 2.71. The summed E-state index contributed by atoms with van der Waals surface area (Å²) in [6, 6.07) is 8.55. The number of aryl methyl sites for hydroxylation is 1. The van der Waals surface area contributed by atoms with Gasteiger partial charge in [0.1, 0.15) is 12.4 Å². The molecule has 78 valence electrons. The van der Waals surface area contributed by atoms with Crippen molar-refractivity contribution in [2.45, 2.75) is 19.8 Å². The second-order valence-corrected chi connectivity index (χ2v) is 4.16. The van der Waals surface area contributed by atoms with Crippen molar-refractivity contribution in [1.82, 2.24) is 4.98 Å². The van der Waals surface area contributed by atoms with E-state index < -0.39 is 0 Å². The van der Waals surface area contributed by atoms with E-state index in [4.69, 9.17) is 0 Å². The van der Waals surface area contributed by atoms with Crippen LogP contribution in [0.1, 0.15) is 25.3 Å². The molecule has 0 aliphatic rings. The molecule has 0 spiro atoms. The Morgan fingerprint density at radius 1 is 1.20 bits per heavy atom. The van der Waals surface area contributed by atoms with E-state index in [1.54, 1.807) is 0 Å². The average molecular weight is 201 g/mol. The molecule has 0 saturated carbocycles. The summed E-state index contributed by atoms with van der Waals surface area (Å²) in [5.41, 5.74) is 2.68. The summed E-state index contributed by atoms with van der Waals surface area (Å²) in [6.45, 7) is 4.45. The van der Waals surface area contributed by atoms with Gasteiger partial charge in [-0.15, -0.1) is 0 Å². The van der Waals surface area contributed by atoms with Crippen LogP contribution >= 0.6 is 0 Å². The zero-order valence-electron chi connectivity index (χ0n) is 9.49. The first-order valence-electron chi connectivity index (χ1n) is 5.32. The second kappa shape index (κ2) is 3.89. The van der Waals surface area contributed by atoms with Crippen LogP contribution < -0.4 is 4.57 Å². The lowest BCUT2D eigenvalue weighted by atomic mass is 9.97. The fourth-order valence-corrected chi connectivity index (χ4v) is 1.89. The third kappa shape index (κ3) is 1.80. The van der Waals surface area contributed by atoms with Gasteiger partial charge in [0.25, 0.3) is 5.82 Å². The highest BCUT2D eigenvalue weighted by molar-refractivity contribution is 5.58. The predicted octanol–water partition coefficient (Wildman–Crippen LogP) is 2.63. The molecule has 1 N–H and O–H groups in total. The van der Waals surface area contributed by atoms with Gasteiger partial charge in [0.2, 0.25) is 0 Å². The van der Waals surface area contributed by atoms with Gasteiger partial charge in [-0.25, -0.2) is 9.55 Å². The molecule has 2 nitrogen and oxygen atoms in total. The topological polar surface area (TPSA) is 19.7 Å². The van der Waals surface area contributed by atoms with Crippen LogP contribution in [-0.2, 0) is 7.05 Å². The molecule has 0 atom stereocenters. The van der Waals surface area contributed by atoms with Crippen molar-refractivity contribution in [3.8, 4) is 11.4 Å². The standard InChI is InChI=1S/C13H16N2/c1-10(2)11-6-4-5-7-12(11)13-14-8-9-15(13)3/h4-10H,1-3H3/p+1. The van der Waals surface area contributed by atoms with Crippen LogP contribution in [0.2, 0.25) is 0 Å². The highest BCUT2D eigenvalue weighted by Gasteiger charge is 2.15. The van der Waals surface area contributed by atoms with E-state index in [1.807, 2.05) is 12.4 Å². The molecule has 2 rings (SSSR count). The summed E-state index contributed by atoms with van der Waals surface area (Å²) < 4.78 is 2.11. The largest absolute Gasteiger partial charge is 0.286 e. The normalized spacial score (nSPS) is 10.9. The maximum Gasteiger partial charge on any atom is 0.286 e. The first kappa shape index (κ1) is 9.97. The van der Waals surface area contributed by atoms with Crippen LogP contribution in [0.15, 0.2) is 36.7 Å². The minimum Gasteiger partial charge on any atom is -0.243 e. The maximum absolute atomic E-state index is 3.28. The quantitative estimate of drug-likeness (QED) is 0.721. The zero-order chi connectivity index (χ0) is 10.8. The van der Waals surface area contributed by atoms with E-state index in [2.05, 4.69) is 54.7 Å². The zero-order valence-corrected chi connectivity index (χ0v) is 9.49. The number of H-pyrrole nitrogens is 1. The third-order valence-electron chi connectivity index (χ3n) is 2.71. The Bertz CT molecular complexity index is 455. The highest BCUT2D eigenvalue weighted by atomic mass is 15.0. The molecule has 15 heavy (non-hydrogen) atoms. The number of nitrogens with one attached hydrogen (secondary N) is 1. The molecule has 0 aliphatic carbocycles. The van der Waals surface area contributed by atoms with Crippen LogP contribution in [-0.4, -0.2) is 4.98 Å². The van der Waals surface area contributed by atoms with Gasteiger partial charge in [-0.2, -0.15) is 0 Å². The van der Waals surface area contributed by atoms with Crippen molar-refractivity contribution in [3.63, 3.8) is 0 Å². The van der Waals surface area contributed by atoms with E-state index >= 15 is 0 Å². The second-order valence-electron chi connectivity index (χ2n) is 4.16. The van der Waals surface area contributed by atoms with Crippen LogP contribution in [0.3, 0.4) is 0 Å². The van der Waals surface area contributed by atoms with Crippen molar-refractivity contribution >= 4 is 0 Å². The van der Waals surface area contributed by atoms with Crippen molar-refractivity contribution < 1.29 is 4.57 Å². The summed E-state index contributed by atoms with van der Waals surface area (Å²) in [5, 5.41) is 0. The Balaban J connectivity index is 2.58. The van der Waals surface area contributed by atoms with Gasteiger partial charge in [-0.1, -0.05) is 32.0 Å². The van der Waals surface area contributed by atoms with Crippen LogP contribution in [0, 0.1) is 0 Å². The minimum absolute atomic E-state index is 0.546. The van der Waals surface area contributed by atoms with Crippen molar-refractivity contribution in [2.75, 3.05) is 0 Å². The number of rotatable bonds is 2. The Kier molecular flexibility index (Phi) is 2.58. The Hall–Kier alpha value is -1.57. The lowest BCUT2D eigenvalue weighted by Crippen LogP contribution is -2.27. The van der Waals surface area contributed by atoms with E-state index in [-0.39, 0.29) is 0 Å². The van der Waals surface area contributed by atoms with Crippen molar-refractivity contribution in [1.29, 1.82) is 0 Å². The number of benzene rings is 1. The van der Waals surface area contributed by atoms with Gasteiger partial charge < -0.3 is 0 Å². The summed E-state index contributed by atoms with van der Waals surface area (Å²) in [4.78, 5) is 3.28. The summed E-state index contributed by atoms with van der Waals surface area (Å²) in [5.74, 6) is 1.71. The first-order valence-corrected chi connectivity index (χ1v) is 5.32. The number of hydrogen-bond acceptors (Lipinski definition) is 0. The predicted molar refractivity (Wildman–Crippen MR) is 61.5 cm³/mol. The number of aromatic amines is 1. The van der Waals surface area contributed by atoms with E-state index in [0.29, 0.717) is 5.92 Å². The van der Waals surface area contributed by atoms with Gasteiger partial charge >= 0.3 is 0 Å². The monoisotopic (exact) mass is 201 g/mol. The molecule has 0 saturated heterocycles. The Morgan fingerprint density at radius 2 is 1.93 bits per heavy atom. The van der Waals surface area contributed by atoms with E-state index in [9.17, 15) is 0 Å². The first-order chi connectivity index (χ1) is 7.20. The molecule has 2 heteroatoms. The van der Waals surface area contributed by atoms with E-state index in [0.717, 1.165) is 0 Å². The molecule has 1 aromatic heterocycles. The molecule has 0 aliphatic heterocycles. The number of aromatic nitrogens is 2. The fourth-order valence-electron chi connectivity index (χ4n) is 1.89. The van der Waals surface area contributed by atoms with Gasteiger partial charge in [-0.05, 0) is 17.5 Å². The summed E-state index contributed by atoms with van der Waals surface area (Å²) >= 11 is 0. The Morgan fingerprint density at radius 3 is 2.53 bits per heavy atom. The maximum atomic E-state index is 3.28. The van der Waals surface area contributed by atoms with Crippen LogP contribution in [0.4, 0.5) is 0 Å². The highest BCUT2D eigenvalue weighted by Crippen LogP contribution is 2.25. The van der Waals surface area contributed by atoms with Gasteiger partial charge in [0.15, 0.2) is 0 Å². The van der Waals surface area contributed by atoms with Crippen molar-refractivity contribution in [2.24, 2.45) is 7.05 Å². The van der Waals surface area contributed by atoms with E-state index in [1.165, 1.54) is 17.0 Å².